The second kappa shape index (κ2) is 5.82. The van der Waals surface area contributed by atoms with Crippen LogP contribution in [0.25, 0.3) is 0 Å². The molecule has 3 N–H and O–H groups in total. The van der Waals surface area contributed by atoms with Gasteiger partial charge in [-0.3, -0.25) is 14.3 Å². The minimum Gasteiger partial charge on any atom is -0.395 e. The van der Waals surface area contributed by atoms with Crippen LogP contribution >= 0.6 is 0 Å². The number of hydrogen-bond acceptors (Lipinski definition) is 4. The molecule has 0 saturated heterocycles. The van der Waals surface area contributed by atoms with Crippen molar-refractivity contribution in [2.75, 3.05) is 11.1 Å². The monoisotopic (exact) mass is 289 g/mol. The molecule has 0 radical (unpaired) electrons. The third-order valence-electron chi connectivity index (χ3n) is 3.19. The average molecular weight is 289 g/mol. The molecule has 2 aromatic heterocycles. The second-order valence-electron chi connectivity index (χ2n) is 4.87. The van der Waals surface area contributed by atoms with Crippen molar-refractivity contribution in [2.45, 2.75) is 26.8 Å². The summed E-state index contributed by atoms with van der Waals surface area (Å²) in [6.07, 6.45) is 2.47. The number of anilines is 2. The molecule has 21 heavy (non-hydrogen) atoms. The van der Waals surface area contributed by atoms with E-state index in [-0.39, 0.29) is 11.5 Å². The number of carbonyl (C=O) groups is 1. The van der Waals surface area contributed by atoms with Crippen LogP contribution in [-0.4, -0.2) is 20.3 Å². The third kappa shape index (κ3) is 2.96. The van der Waals surface area contributed by atoms with Crippen LogP contribution in [0.5, 0.6) is 0 Å². The van der Waals surface area contributed by atoms with Crippen molar-refractivity contribution in [1.29, 1.82) is 0 Å². The van der Waals surface area contributed by atoms with E-state index >= 15 is 0 Å². The van der Waals surface area contributed by atoms with Gasteiger partial charge >= 0.3 is 0 Å². The first-order valence-electron chi connectivity index (χ1n) is 6.75. The molecule has 0 unspecified atom stereocenters. The molecule has 0 saturated carbocycles. The van der Waals surface area contributed by atoms with Crippen molar-refractivity contribution < 1.29 is 4.79 Å². The zero-order valence-corrected chi connectivity index (χ0v) is 12.4. The van der Waals surface area contributed by atoms with Gasteiger partial charge in [0.2, 0.25) is 0 Å². The molecule has 0 aliphatic rings. The number of aromatic nitrogens is 3. The van der Waals surface area contributed by atoms with E-state index in [9.17, 15) is 9.59 Å². The number of pyridine rings is 1. The first kappa shape index (κ1) is 14.8. The minimum absolute atomic E-state index is 0.0919. The molecule has 0 bridgehead atoms. The maximum absolute atomic E-state index is 12.3. The maximum atomic E-state index is 12.3. The number of rotatable bonds is 4. The summed E-state index contributed by atoms with van der Waals surface area (Å²) in [5, 5.41) is 6.85. The molecule has 0 spiro atoms. The Bertz CT molecular complexity index is 729. The molecule has 112 valence electrons. The highest BCUT2D eigenvalue weighted by Crippen LogP contribution is 2.17. The van der Waals surface area contributed by atoms with Crippen molar-refractivity contribution in [3.05, 3.63) is 40.1 Å². The smallest absolute Gasteiger partial charge is 0.276 e. The lowest BCUT2D eigenvalue weighted by Gasteiger charge is -2.09. The summed E-state index contributed by atoms with van der Waals surface area (Å²) in [6.45, 7) is 4.33. The number of nitrogens with two attached hydrogens (primary N) is 1. The van der Waals surface area contributed by atoms with Crippen LogP contribution in [0, 0.1) is 6.92 Å². The zero-order valence-electron chi connectivity index (χ0n) is 12.4. The quantitative estimate of drug-likeness (QED) is 0.882. The summed E-state index contributed by atoms with van der Waals surface area (Å²) in [7, 11) is 1.66. The summed E-state index contributed by atoms with van der Waals surface area (Å²) in [4.78, 5) is 23.9. The SMILES string of the molecule is CCCn1cc(NC(=O)c2c(N)c(C)nn2C)ccc1=O. The minimum atomic E-state index is -0.350. The molecule has 2 rings (SSSR count). The van der Waals surface area contributed by atoms with Gasteiger partial charge in [-0.2, -0.15) is 5.10 Å². The van der Waals surface area contributed by atoms with E-state index in [0.717, 1.165) is 6.42 Å². The number of amides is 1. The highest BCUT2D eigenvalue weighted by Gasteiger charge is 2.18. The van der Waals surface area contributed by atoms with E-state index in [1.807, 2.05) is 6.92 Å². The maximum Gasteiger partial charge on any atom is 0.276 e. The number of carbonyl (C=O) groups excluding carboxylic acids is 1. The van der Waals surface area contributed by atoms with Gasteiger partial charge in [-0.15, -0.1) is 0 Å². The average Bonchev–Trinajstić information content (AvgIpc) is 2.67. The van der Waals surface area contributed by atoms with E-state index in [2.05, 4.69) is 10.4 Å². The van der Waals surface area contributed by atoms with E-state index < -0.39 is 0 Å². The molecular formula is C14H19N5O2. The van der Waals surface area contributed by atoms with Gasteiger partial charge in [-0.1, -0.05) is 6.92 Å². The fourth-order valence-corrected chi connectivity index (χ4v) is 2.16. The first-order valence-corrected chi connectivity index (χ1v) is 6.75. The van der Waals surface area contributed by atoms with Crippen LogP contribution in [0.15, 0.2) is 23.1 Å². The van der Waals surface area contributed by atoms with Crippen LogP contribution in [-0.2, 0) is 13.6 Å². The predicted molar refractivity (Wildman–Crippen MR) is 81.3 cm³/mol. The Morgan fingerprint density at radius 3 is 2.71 bits per heavy atom. The van der Waals surface area contributed by atoms with Crippen LogP contribution in [0.1, 0.15) is 29.5 Å². The van der Waals surface area contributed by atoms with E-state index in [0.29, 0.717) is 29.3 Å². The fourth-order valence-electron chi connectivity index (χ4n) is 2.16. The predicted octanol–water partition coefficient (Wildman–Crippen LogP) is 1.13. The van der Waals surface area contributed by atoms with Gasteiger partial charge in [-0.05, 0) is 19.4 Å². The van der Waals surface area contributed by atoms with Gasteiger partial charge in [0.15, 0.2) is 0 Å². The van der Waals surface area contributed by atoms with Gasteiger partial charge < -0.3 is 15.6 Å². The second-order valence-corrected chi connectivity index (χ2v) is 4.87. The number of nitrogens with zero attached hydrogens (tertiary/aromatic N) is 3. The van der Waals surface area contributed by atoms with Crippen LogP contribution < -0.4 is 16.6 Å². The number of hydrogen-bond donors (Lipinski definition) is 2. The van der Waals surface area contributed by atoms with E-state index in [1.165, 1.54) is 10.7 Å². The summed E-state index contributed by atoms with van der Waals surface area (Å²) >= 11 is 0. The summed E-state index contributed by atoms with van der Waals surface area (Å²) in [6, 6.07) is 3.01. The summed E-state index contributed by atoms with van der Waals surface area (Å²) in [5.74, 6) is -0.350. The molecule has 7 heteroatoms. The Labute approximate surface area is 122 Å². The van der Waals surface area contributed by atoms with Gasteiger partial charge in [-0.25, -0.2) is 0 Å². The van der Waals surface area contributed by atoms with Crippen LogP contribution in [0.4, 0.5) is 11.4 Å². The zero-order chi connectivity index (χ0) is 15.6. The van der Waals surface area contributed by atoms with Gasteiger partial charge in [0.05, 0.1) is 17.1 Å². The Balaban J connectivity index is 2.27. The van der Waals surface area contributed by atoms with E-state index in [1.54, 1.807) is 30.8 Å². The Kier molecular flexibility index (Phi) is 4.11. The molecule has 0 atom stereocenters. The van der Waals surface area contributed by atoms with Gasteiger partial charge in [0.1, 0.15) is 5.69 Å². The molecule has 0 aliphatic carbocycles. The standard InChI is InChI=1S/C14H19N5O2/c1-4-7-19-8-10(5-6-11(19)20)16-14(21)13-12(15)9(2)17-18(13)3/h5-6,8H,4,7,15H2,1-3H3,(H,16,21). The molecule has 0 fully saturated rings. The van der Waals surface area contributed by atoms with Crippen LogP contribution in [0.3, 0.4) is 0 Å². The number of nitrogens with one attached hydrogen (secondary N) is 1. The Morgan fingerprint density at radius 2 is 2.14 bits per heavy atom. The van der Waals surface area contributed by atoms with Crippen molar-refractivity contribution in [2.24, 2.45) is 7.05 Å². The highest BCUT2D eigenvalue weighted by atomic mass is 16.2. The number of nitrogen functional groups attached to an aromatic ring is 1. The van der Waals surface area contributed by atoms with Gasteiger partial charge in [0, 0.05) is 25.9 Å². The Morgan fingerprint density at radius 1 is 1.43 bits per heavy atom. The fraction of sp³-hybridized carbons (Fsp3) is 0.357. The largest absolute Gasteiger partial charge is 0.395 e. The lowest BCUT2D eigenvalue weighted by atomic mass is 10.3. The summed E-state index contributed by atoms with van der Waals surface area (Å²) in [5.41, 5.74) is 7.59. The topological polar surface area (TPSA) is 94.9 Å². The molecule has 0 aliphatic heterocycles. The van der Waals surface area contributed by atoms with Crippen molar-refractivity contribution in [1.82, 2.24) is 14.3 Å². The first-order chi connectivity index (χ1) is 9.93. The lowest BCUT2D eigenvalue weighted by molar-refractivity contribution is 0.101. The molecule has 2 heterocycles. The van der Waals surface area contributed by atoms with Crippen molar-refractivity contribution >= 4 is 17.3 Å². The van der Waals surface area contributed by atoms with E-state index in [4.69, 9.17) is 5.73 Å². The lowest BCUT2D eigenvalue weighted by Crippen LogP contribution is -2.22. The number of aryl methyl sites for hydroxylation is 3. The molecular weight excluding hydrogens is 270 g/mol. The van der Waals surface area contributed by atoms with Crippen molar-refractivity contribution in [3.63, 3.8) is 0 Å². The van der Waals surface area contributed by atoms with Gasteiger partial charge in [0.25, 0.3) is 11.5 Å². The third-order valence-corrected chi connectivity index (χ3v) is 3.19. The highest BCUT2D eigenvalue weighted by molar-refractivity contribution is 6.06. The molecule has 7 nitrogen and oxygen atoms in total. The molecule has 2 aromatic rings. The normalized spacial score (nSPS) is 10.6. The molecule has 0 aromatic carbocycles. The van der Waals surface area contributed by atoms with Crippen LogP contribution in [0.2, 0.25) is 0 Å². The summed E-state index contributed by atoms with van der Waals surface area (Å²) < 4.78 is 3.01. The molecule has 1 amide bonds. The Hall–Kier alpha value is -2.57. The van der Waals surface area contributed by atoms with Crippen molar-refractivity contribution in [3.8, 4) is 0 Å².